The number of aromatic nitrogens is 5. The predicted octanol–water partition coefficient (Wildman–Crippen LogP) is 5.71. The Morgan fingerprint density at radius 1 is 0.946 bits per heavy atom. The number of fused-ring (bicyclic) bond motifs is 1. The second kappa shape index (κ2) is 9.26. The minimum atomic E-state index is -5.13. The van der Waals surface area contributed by atoms with Crippen molar-refractivity contribution in [2.45, 2.75) is 6.18 Å². The van der Waals surface area contributed by atoms with Crippen LogP contribution >= 0.6 is 0 Å². The van der Waals surface area contributed by atoms with E-state index in [0.717, 1.165) is 12.1 Å². The smallest absolute Gasteiger partial charge is 0.340 e. The second-order valence-electron chi connectivity index (χ2n) is 7.66. The van der Waals surface area contributed by atoms with Gasteiger partial charge in [-0.1, -0.05) is 12.1 Å². The summed E-state index contributed by atoms with van der Waals surface area (Å²) in [6.45, 7) is 0. The number of carbonyl (C=O) groups is 1. The number of amides is 1. The topological polar surface area (TPSA) is 108 Å². The summed E-state index contributed by atoms with van der Waals surface area (Å²) in [4.78, 5) is 32.2. The second-order valence-corrected chi connectivity index (χ2v) is 7.66. The maximum absolute atomic E-state index is 14.9. The van der Waals surface area contributed by atoms with Gasteiger partial charge in [-0.15, -0.1) is 0 Å². The molecule has 0 spiro atoms. The number of para-hydroxylation sites is 1. The number of hydrogen-bond donors (Lipinski definition) is 3. The summed E-state index contributed by atoms with van der Waals surface area (Å²) < 4.78 is 69.9. The van der Waals surface area contributed by atoms with Crippen LogP contribution in [0.4, 0.5) is 39.1 Å². The summed E-state index contributed by atoms with van der Waals surface area (Å²) in [6, 6.07) is 9.57. The third kappa shape index (κ3) is 4.66. The number of H-pyrrole nitrogens is 1. The third-order valence-electron chi connectivity index (χ3n) is 5.29. The van der Waals surface area contributed by atoms with Gasteiger partial charge in [0.2, 0.25) is 0 Å². The van der Waals surface area contributed by atoms with E-state index in [-0.39, 0.29) is 17.2 Å². The lowest BCUT2D eigenvalue weighted by molar-refractivity contribution is -0.139. The van der Waals surface area contributed by atoms with Gasteiger partial charge in [0.05, 0.1) is 23.1 Å². The molecule has 5 aromatic rings. The number of anilines is 3. The fourth-order valence-corrected chi connectivity index (χ4v) is 3.61. The standard InChI is InChI=1S/C24H14F5N7O/c25-16-5-1-2-6-17(16)36-23(37)14-8-12(9-15(18(14)26)24(27,28)29)35-21-13(4-3-7-30-21)19-20-22(33-10-31-19)34-11-32-20/h1-11H,(H,30,35)(H,36,37)(H,31,32,33,34). The van der Waals surface area contributed by atoms with E-state index in [1.165, 1.54) is 37.1 Å². The Balaban J connectivity index is 1.58. The molecule has 0 fully saturated rings. The van der Waals surface area contributed by atoms with Crippen molar-refractivity contribution in [2.75, 3.05) is 10.6 Å². The largest absolute Gasteiger partial charge is 0.419 e. The molecule has 8 nitrogen and oxygen atoms in total. The van der Waals surface area contributed by atoms with Crippen molar-refractivity contribution in [1.29, 1.82) is 0 Å². The molecule has 5 rings (SSSR count). The molecule has 0 unspecified atom stereocenters. The van der Waals surface area contributed by atoms with Crippen molar-refractivity contribution < 1.29 is 26.7 Å². The van der Waals surface area contributed by atoms with Gasteiger partial charge in [-0.2, -0.15) is 13.2 Å². The Morgan fingerprint density at radius 3 is 2.54 bits per heavy atom. The van der Waals surface area contributed by atoms with Gasteiger partial charge in [-0.3, -0.25) is 4.79 Å². The molecule has 37 heavy (non-hydrogen) atoms. The first-order valence-electron chi connectivity index (χ1n) is 10.6. The molecular weight excluding hydrogens is 497 g/mol. The van der Waals surface area contributed by atoms with Crippen molar-refractivity contribution in [3.63, 3.8) is 0 Å². The molecule has 0 saturated heterocycles. The van der Waals surface area contributed by atoms with Gasteiger partial charge in [0.15, 0.2) is 5.65 Å². The summed E-state index contributed by atoms with van der Waals surface area (Å²) in [5.74, 6) is -3.85. The number of benzene rings is 2. The Hall–Kier alpha value is -4.94. The van der Waals surface area contributed by atoms with Crippen molar-refractivity contribution in [2.24, 2.45) is 0 Å². The minimum absolute atomic E-state index is 0.0608. The lowest BCUT2D eigenvalue weighted by Gasteiger charge is -2.16. The number of alkyl halides is 3. The molecule has 0 radical (unpaired) electrons. The fourth-order valence-electron chi connectivity index (χ4n) is 3.61. The van der Waals surface area contributed by atoms with Crippen LogP contribution in [0.25, 0.3) is 22.4 Å². The first kappa shape index (κ1) is 23.8. The Bertz CT molecular complexity index is 1630. The lowest BCUT2D eigenvalue weighted by Crippen LogP contribution is -2.19. The predicted molar refractivity (Wildman–Crippen MR) is 124 cm³/mol. The molecule has 0 saturated carbocycles. The van der Waals surface area contributed by atoms with E-state index in [0.29, 0.717) is 28.5 Å². The molecule has 0 bridgehead atoms. The number of rotatable bonds is 5. The summed E-state index contributed by atoms with van der Waals surface area (Å²) in [6.07, 6.45) is -1.07. The van der Waals surface area contributed by atoms with Gasteiger partial charge >= 0.3 is 6.18 Å². The Labute approximate surface area is 204 Å². The van der Waals surface area contributed by atoms with Crippen LogP contribution < -0.4 is 10.6 Å². The van der Waals surface area contributed by atoms with Crippen LogP contribution in [0.1, 0.15) is 15.9 Å². The number of nitrogens with one attached hydrogen (secondary N) is 3. The van der Waals surface area contributed by atoms with Gasteiger partial charge < -0.3 is 15.6 Å². The molecule has 0 aliphatic rings. The van der Waals surface area contributed by atoms with E-state index < -0.39 is 34.8 Å². The molecule has 1 amide bonds. The Morgan fingerprint density at radius 2 is 1.76 bits per heavy atom. The van der Waals surface area contributed by atoms with E-state index in [9.17, 15) is 26.7 Å². The monoisotopic (exact) mass is 511 g/mol. The van der Waals surface area contributed by atoms with E-state index in [2.05, 4.69) is 35.6 Å². The highest BCUT2D eigenvalue weighted by molar-refractivity contribution is 6.05. The van der Waals surface area contributed by atoms with E-state index >= 15 is 0 Å². The number of carbonyl (C=O) groups excluding carboxylic acids is 1. The zero-order valence-corrected chi connectivity index (χ0v) is 18.4. The molecule has 186 valence electrons. The minimum Gasteiger partial charge on any atom is -0.340 e. The van der Waals surface area contributed by atoms with Crippen LogP contribution in [0.3, 0.4) is 0 Å². The summed E-state index contributed by atoms with van der Waals surface area (Å²) in [5, 5.41) is 4.81. The first-order valence-corrected chi connectivity index (χ1v) is 10.6. The van der Waals surface area contributed by atoms with E-state index in [4.69, 9.17) is 0 Å². The Kier molecular flexibility index (Phi) is 5.95. The van der Waals surface area contributed by atoms with Crippen LogP contribution in [0.2, 0.25) is 0 Å². The molecule has 0 aliphatic carbocycles. The third-order valence-corrected chi connectivity index (χ3v) is 5.29. The van der Waals surface area contributed by atoms with Crippen molar-refractivity contribution in [1.82, 2.24) is 24.9 Å². The van der Waals surface area contributed by atoms with Gasteiger partial charge in [0.25, 0.3) is 5.91 Å². The van der Waals surface area contributed by atoms with Crippen LogP contribution in [0, 0.1) is 11.6 Å². The van der Waals surface area contributed by atoms with Crippen molar-refractivity contribution in [3.05, 3.63) is 90.1 Å². The molecular formula is C24H14F5N7O. The zero-order valence-electron chi connectivity index (χ0n) is 18.4. The van der Waals surface area contributed by atoms with Crippen molar-refractivity contribution in [3.8, 4) is 11.3 Å². The molecule has 13 heteroatoms. The summed E-state index contributed by atoms with van der Waals surface area (Å²) in [7, 11) is 0. The highest BCUT2D eigenvalue weighted by Gasteiger charge is 2.37. The highest BCUT2D eigenvalue weighted by atomic mass is 19.4. The lowest BCUT2D eigenvalue weighted by atomic mass is 10.1. The number of pyridine rings is 1. The molecule has 3 N–H and O–H groups in total. The van der Waals surface area contributed by atoms with Crippen LogP contribution in [-0.4, -0.2) is 30.8 Å². The van der Waals surface area contributed by atoms with Gasteiger partial charge in [-0.25, -0.2) is 28.7 Å². The maximum Gasteiger partial charge on any atom is 0.419 e. The zero-order chi connectivity index (χ0) is 26.2. The van der Waals surface area contributed by atoms with Crippen LogP contribution in [0.5, 0.6) is 0 Å². The summed E-state index contributed by atoms with van der Waals surface area (Å²) in [5.41, 5.74) is -1.75. The normalized spacial score (nSPS) is 11.5. The molecule has 0 aliphatic heterocycles. The molecule has 0 atom stereocenters. The van der Waals surface area contributed by atoms with E-state index in [1.54, 1.807) is 12.1 Å². The number of hydrogen-bond acceptors (Lipinski definition) is 6. The van der Waals surface area contributed by atoms with E-state index in [1.807, 2.05) is 0 Å². The van der Waals surface area contributed by atoms with Crippen LogP contribution in [-0.2, 0) is 6.18 Å². The molecule has 3 aromatic heterocycles. The average molecular weight is 511 g/mol. The maximum atomic E-state index is 14.9. The SMILES string of the molecule is O=C(Nc1ccccc1F)c1cc(Nc2ncccc2-c2ncnc3[nH]cnc23)cc(C(F)(F)F)c1F. The van der Waals surface area contributed by atoms with Crippen LogP contribution in [0.15, 0.2) is 67.4 Å². The first-order chi connectivity index (χ1) is 17.7. The quantitative estimate of drug-likeness (QED) is 0.261. The molecule has 3 heterocycles. The van der Waals surface area contributed by atoms with Gasteiger partial charge in [0, 0.05) is 17.4 Å². The average Bonchev–Trinajstić information content (AvgIpc) is 3.35. The van der Waals surface area contributed by atoms with Gasteiger partial charge in [-0.05, 0) is 36.4 Å². The molecule has 2 aromatic carbocycles. The number of halogens is 5. The summed E-state index contributed by atoms with van der Waals surface area (Å²) >= 11 is 0. The van der Waals surface area contributed by atoms with Gasteiger partial charge in [0.1, 0.15) is 35.0 Å². The highest BCUT2D eigenvalue weighted by Crippen LogP contribution is 2.37. The number of aromatic amines is 1. The number of nitrogens with zero attached hydrogens (tertiary/aromatic N) is 4. The van der Waals surface area contributed by atoms with Crippen molar-refractivity contribution >= 4 is 34.3 Å². The fraction of sp³-hybridized carbons (Fsp3) is 0.0417. The number of imidazole rings is 1.